The number of alkyl halides is 3. The van der Waals surface area contributed by atoms with Gasteiger partial charge in [0.05, 0.1) is 29.0 Å². The van der Waals surface area contributed by atoms with Crippen LogP contribution in [0.25, 0.3) is 22.3 Å². The van der Waals surface area contributed by atoms with Gasteiger partial charge in [-0.05, 0) is 49.9 Å². The number of benzene rings is 1. The topological polar surface area (TPSA) is 141 Å². The number of nitrogens with two attached hydrogens (primary N) is 1. The number of halogens is 3. The third-order valence-corrected chi connectivity index (χ3v) is 8.48. The molecule has 0 unspecified atom stereocenters. The third kappa shape index (κ3) is 5.45. The Balaban J connectivity index is 1.25. The predicted molar refractivity (Wildman–Crippen MR) is 155 cm³/mol. The summed E-state index contributed by atoms with van der Waals surface area (Å²) in [4.78, 5) is 40.7. The first-order valence-electron chi connectivity index (χ1n) is 14.3. The van der Waals surface area contributed by atoms with Gasteiger partial charge < -0.3 is 20.7 Å². The number of rotatable bonds is 7. The van der Waals surface area contributed by atoms with Gasteiger partial charge in [0.2, 0.25) is 5.91 Å². The molecule has 3 N–H and O–H groups in total. The molecule has 1 aliphatic carbocycles. The molecule has 4 heterocycles. The Morgan fingerprint density at radius 2 is 1.89 bits per heavy atom. The van der Waals surface area contributed by atoms with Crippen LogP contribution in [0.5, 0.6) is 0 Å². The molecule has 3 aromatic heterocycles. The van der Waals surface area contributed by atoms with E-state index in [9.17, 15) is 22.8 Å². The smallest absolute Gasteiger partial charge is 0.384 e. The van der Waals surface area contributed by atoms with Gasteiger partial charge in [0.15, 0.2) is 5.65 Å². The molecule has 2 aliphatic rings. The van der Waals surface area contributed by atoms with E-state index in [0.717, 1.165) is 50.4 Å². The molecule has 1 saturated heterocycles. The first kappa shape index (κ1) is 29.5. The zero-order chi connectivity index (χ0) is 31.1. The molecule has 2 amide bonds. The number of amides is 2. The summed E-state index contributed by atoms with van der Waals surface area (Å²) in [6, 6.07) is 7.90. The number of carbonyl (C=O) groups excluding carboxylic acids is 2. The van der Waals surface area contributed by atoms with Crippen molar-refractivity contribution >= 4 is 34.5 Å². The standard InChI is InChI=1S/C30H31F3N8O3/c1-44-16-29(10-3-11-29)28(43)40-13-2-4-21(15-40)41-26-23(25(34)36-17-37-26)24(39-41)18-5-7-19(8-6-18)27(42)38-22-14-20(9-12-35-22)30(31,32)33/h5-9,12,14,17,21H,2-4,10-11,13,15-16H2,1H3,(H2,34,36,37)(H,35,38,42)/t21-/m1/s1. The number of piperidine rings is 1. The SMILES string of the molecule is COCC1(C(=O)N2CCC[C@@H](n3nc(-c4ccc(C(=O)Nc5cc(C(F)(F)F)ccn5)cc4)c4c(N)ncnc43)C2)CCC1. The van der Waals surface area contributed by atoms with E-state index in [1.54, 1.807) is 19.2 Å². The molecular formula is C30H31F3N8O3. The molecule has 14 heteroatoms. The van der Waals surface area contributed by atoms with E-state index < -0.39 is 23.1 Å². The van der Waals surface area contributed by atoms with Gasteiger partial charge in [-0.2, -0.15) is 18.3 Å². The summed E-state index contributed by atoms with van der Waals surface area (Å²) in [5, 5.41) is 7.86. The Hall–Kier alpha value is -4.59. The van der Waals surface area contributed by atoms with Crippen LogP contribution in [-0.2, 0) is 15.7 Å². The third-order valence-electron chi connectivity index (χ3n) is 8.48. The van der Waals surface area contributed by atoms with E-state index in [2.05, 4.69) is 20.3 Å². The second-order valence-corrected chi connectivity index (χ2v) is 11.3. The van der Waals surface area contributed by atoms with Gasteiger partial charge in [0.25, 0.3) is 5.91 Å². The molecule has 6 rings (SSSR count). The van der Waals surface area contributed by atoms with Crippen molar-refractivity contribution in [3.63, 3.8) is 0 Å². The monoisotopic (exact) mass is 608 g/mol. The Morgan fingerprint density at radius 1 is 1.11 bits per heavy atom. The molecule has 4 aromatic rings. The fraction of sp³-hybridized carbons (Fsp3) is 0.400. The summed E-state index contributed by atoms with van der Waals surface area (Å²) in [5.74, 6) is -0.471. The Labute approximate surface area is 250 Å². The van der Waals surface area contributed by atoms with Crippen molar-refractivity contribution in [2.75, 3.05) is 37.9 Å². The number of aromatic nitrogens is 5. The normalized spacial score (nSPS) is 18.2. The van der Waals surface area contributed by atoms with Gasteiger partial charge in [0.1, 0.15) is 23.7 Å². The van der Waals surface area contributed by atoms with Crippen LogP contribution in [0.1, 0.15) is 54.1 Å². The van der Waals surface area contributed by atoms with Gasteiger partial charge in [-0.1, -0.05) is 18.6 Å². The van der Waals surface area contributed by atoms with Crippen molar-refractivity contribution in [1.82, 2.24) is 29.6 Å². The van der Waals surface area contributed by atoms with Crippen molar-refractivity contribution < 1.29 is 27.5 Å². The minimum Gasteiger partial charge on any atom is -0.384 e. The predicted octanol–water partition coefficient (Wildman–Crippen LogP) is 4.72. The minimum atomic E-state index is -4.56. The maximum Gasteiger partial charge on any atom is 0.416 e. The summed E-state index contributed by atoms with van der Waals surface area (Å²) in [7, 11) is 1.63. The van der Waals surface area contributed by atoms with Gasteiger partial charge in [-0.25, -0.2) is 19.6 Å². The zero-order valence-corrected chi connectivity index (χ0v) is 24.0. The molecule has 1 saturated carbocycles. The maximum atomic E-state index is 13.6. The summed E-state index contributed by atoms with van der Waals surface area (Å²) in [5.41, 5.74) is 6.84. The molecule has 0 radical (unpaired) electrons. The van der Waals surface area contributed by atoms with Crippen LogP contribution in [0.3, 0.4) is 0 Å². The Bertz CT molecular complexity index is 1700. The van der Waals surface area contributed by atoms with Gasteiger partial charge in [-0.3, -0.25) is 9.59 Å². The highest BCUT2D eigenvalue weighted by molar-refractivity contribution is 6.04. The second kappa shape index (κ2) is 11.5. The number of likely N-dealkylation sites (tertiary alicyclic amines) is 1. The summed E-state index contributed by atoms with van der Waals surface area (Å²) in [6.45, 7) is 1.56. The highest BCUT2D eigenvalue weighted by atomic mass is 19.4. The highest BCUT2D eigenvalue weighted by Crippen LogP contribution is 2.44. The molecule has 44 heavy (non-hydrogen) atoms. The van der Waals surface area contributed by atoms with Gasteiger partial charge in [-0.15, -0.1) is 0 Å². The lowest BCUT2D eigenvalue weighted by atomic mass is 9.68. The van der Waals surface area contributed by atoms with Crippen molar-refractivity contribution in [3.05, 3.63) is 60.0 Å². The van der Waals surface area contributed by atoms with Crippen molar-refractivity contribution in [2.24, 2.45) is 5.41 Å². The lowest BCUT2D eigenvalue weighted by Crippen LogP contribution is -2.53. The summed E-state index contributed by atoms with van der Waals surface area (Å²) >= 11 is 0. The molecular weight excluding hydrogens is 577 g/mol. The largest absolute Gasteiger partial charge is 0.416 e. The van der Waals surface area contributed by atoms with Crippen molar-refractivity contribution in [1.29, 1.82) is 0 Å². The number of pyridine rings is 1. The van der Waals surface area contributed by atoms with E-state index >= 15 is 0 Å². The number of carbonyl (C=O) groups is 2. The quantitative estimate of drug-likeness (QED) is 0.307. The number of nitrogens with zero attached hydrogens (tertiary/aromatic N) is 6. The number of fused-ring (bicyclic) bond motifs is 1. The molecule has 0 bridgehead atoms. The lowest BCUT2D eigenvalue weighted by Gasteiger charge is -2.45. The highest BCUT2D eigenvalue weighted by Gasteiger charge is 2.47. The number of ether oxygens (including phenoxy) is 1. The van der Waals surface area contributed by atoms with Crippen LogP contribution in [0.2, 0.25) is 0 Å². The van der Waals surface area contributed by atoms with Crippen LogP contribution in [0, 0.1) is 5.41 Å². The van der Waals surface area contributed by atoms with E-state index in [1.807, 2.05) is 9.58 Å². The Kier molecular flexibility index (Phi) is 7.70. The number of nitrogens with one attached hydrogen (secondary N) is 1. The number of anilines is 2. The Morgan fingerprint density at radius 3 is 2.57 bits per heavy atom. The number of hydrogen-bond acceptors (Lipinski definition) is 8. The molecule has 0 spiro atoms. The van der Waals surface area contributed by atoms with Gasteiger partial charge >= 0.3 is 6.18 Å². The second-order valence-electron chi connectivity index (χ2n) is 11.3. The first-order chi connectivity index (χ1) is 21.1. The fourth-order valence-corrected chi connectivity index (χ4v) is 6.07. The average molecular weight is 609 g/mol. The minimum absolute atomic E-state index is 0.121. The molecule has 1 atom stereocenters. The van der Waals surface area contributed by atoms with Gasteiger partial charge in [0, 0.05) is 37.5 Å². The summed E-state index contributed by atoms with van der Waals surface area (Å²) < 4.78 is 46.4. The van der Waals surface area contributed by atoms with E-state index in [1.165, 1.54) is 18.5 Å². The van der Waals surface area contributed by atoms with Crippen LogP contribution in [0.15, 0.2) is 48.9 Å². The number of nitrogen functional groups attached to an aromatic ring is 1. The molecule has 11 nitrogen and oxygen atoms in total. The average Bonchev–Trinajstić information content (AvgIpc) is 3.39. The number of methoxy groups -OCH3 is 1. The van der Waals surface area contributed by atoms with Crippen molar-refractivity contribution in [3.8, 4) is 11.3 Å². The molecule has 2 fully saturated rings. The fourth-order valence-electron chi connectivity index (χ4n) is 6.07. The molecule has 1 aliphatic heterocycles. The summed E-state index contributed by atoms with van der Waals surface area (Å²) in [6.07, 6.45) is 2.07. The van der Waals surface area contributed by atoms with Crippen LogP contribution >= 0.6 is 0 Å². The van der Waals surface area contributed by atoms with E-state index in [0.29, 0.717) is 42.0 Å². The van der Waals surface area contributed by atoms with Crippen LogP contribution in [0.4, 0.5) is 24.8 Å². The zero-order valence-electron chi connectivity index (χ0n) is 24.0. The number of hydrogen-bond donors (Lipinski definition) is 2. The van der Waals surface area contributed by atoms with E-state index in [4.69, 9.17) is 15.6 Å². The maximum absolute atomic E-state index is 13.6. The van der Waals surface area contributed by atoms with Crippen LogP contribution in [-0.4, -0.2) is 68.3 Å². The molecule has 1 aromatic carbocycles. The van der Waals surface area contributed by atoms with Crippen LogP contribution < -0.4 is 11.1 Å². The van der Waals surface area contributed by atoms with E-state index in [-0.39, 0.29) is 29.1 Å². The first-order valence-corrected chi connectivity index (χ1v) is 14.3. The molecule has 230 valence electrons. The van der Waals surface area contributed by atoms with Crippen molar-refractivity contribution in [2.45, 2.75) is 44.3 Å². The lowest BCUT2D eigenvalue weighted by molar-refractivity contribution is -0.154.